The highest BCUT2D eigenvalue weighted by molar-refractivity contribution is 6.74. The van der Waals surface area contributed by atoms with Crippen molar-refractivity contribution in [1.82, 2.24) is 40.0 Å². The van der Waals surface area contributed by atoms with Crippen LogP contribution in [0.15, 0.2) is 41.1 Å². The second-order valence-corrected chi connectivity index (χ2v) is 15.1. The van der Waals surface area contributed by atoms with E-state index in [4.69, 9.17) is 18.8 Å². The van der Waals surface area contributed by atoms with Crippen LogP contribution in [-0.4, -0.2) is 54.9 Å². The van der Waals surface area contributed by atoms with Crippen molar-refractivity contribution < 1.29 is 13.7 Å². The van der Waals surface area contributed by atoms with Gasteiger partial charge >= 0.3 is 0 Å². The largest absolute Gasteiger partial charge is 0.470 e. The van der Waals surface area contributed by atoms with E-state index < -0.39 is 8.32 Å². The van der Waals surface area contributed by atoms with Crippen molar-refractivity contribution in [2.75, 3.05) is 6.61 Å². The zero-order valence-electron chi connectivity index (χ0n) is 21.4. The summed E-state index contributed by atoms with van der Waals surface area (Å²) >= 11 is 0. The number of hydrogen-bond acceptors (Lipinski definition) is 9. The van der Waals surface area contributed by atoms with Crippen LogP contribution in [0.3, 0.4) is 0 Å². The molecular formula is C24H30N8O3Si. The van der Waals surface area contributed by atoms with Crippen LogP contribution in [-0.2, 0) is 17.6 Å². The van der Waals surface area contributed by atoms with Crippen LogP contribution in [0.25, 0.3) is 27.9 Å². The quantitative estimate of drug-likeness (QED) is 0.281. The summed E-state index contributed by atoms with van der Waals surface area (Å²) in [5.74, 6) is 1.61. The van der Waals surface area contributed by atoms with Crippen LogP contribution in [0.4, 0.5) is 0 Å². The van der Waals surface area contributed by atoms with Crippen LogP contribution in [0.1, 0.15) is 32.2 Å². The van der Waals surface area contributed by atoms with E-state index in [9.17, 15) is 0 Å². The van der Waals surface area contributed by atoms with Gasteiger partial charge in [0.05, 0.1) is 25.0 Å². The summed E-state index contributed by atoms with van der Waals surface area (Å²) < 4.78 is 21.2. The van der Waals surface area contributed by atoms with Gasteiger partial charge in [0.1, 0.15) is 12.4 Å². The van der Waals surface area contributed by atoms with Crippen molar-refractivity contribution >= 4 is 24.7 Å². The summed E-state index contributed by atoms with van der Waals surface area (Å²) in [7, 11) is -1.84. The van der Waals surface area contributed by atoms with E-state index in [0.29, 0.717) is 42.0 Å². The number of nitrogens with zero attached hydrogens (tertiary/aromatic N) is 8. The second-order valence-electron chi connectivity index (χ2n) is 10.3. The summed E-state index contributed by atoms with van der Waals surface area (Å²) in [4.78, 5) is 0. The van der Waals surface area contributed by atoms with Gasteiger partial charge in [0.2, 0.25) is 11.7 Å². The van der Waals surface area contributed by atoms with E-state index in [0.717, 1.165) is 16.5 Å². The Kier molecular flexibility index (Phi) is 6.08. The van der Waals surface area contributed by atoms with Gasteiger partial charge in [0.25, 0.3) is 0 Å². The molecule has 0 N–H and O–H groups in total. The highest BCUT2D eigenvalue weighted by Gasteiger charge is 2.37. The SMILES string of the molecule is Cc1cc(-c2nnc3c4ccccc4c(OCc4cnnn4CCO[Si](C)(C)C(C)(C)C)nn23)no1. The number of hydrogen-bond donors (Lipinski definition) is 0. The molecule has 5 rings (SSSR count). The average molecular weight is 507 g/mol. The average Bonchev–Trinajstić information content (AvgIpc) is 3.56. The molecule has 0 aliphatic rings. The Balaban J connectivity index is 1.39. The van der Waals surface area contributed by atoms with Gasteiger partial charge in [-0.1, -0.05) is 49.3 Å². The van der Waals surface area contributed by atoms with Crippen molar-refractivity contribution in [3.05, 3.63) is 48.0 Å². The van der Waals surface area contributed by atoms with Gasteiger partial charge < -0.3 is 13.7 Å². The highest BCUT2D eigenvalue weighted by atomic mass is 28.4. The van der Waals surface area contributed by atoms with Crippen LogP contribution < -0.4 is 4.74 Å². The monoisotopic (exact) mass is 506 g/mol. The first-order valence-electron chi connectivity index (χ1n) is 11.9. The van der Waals surface area contributed by atoms with Crippen LogP contribution >= 0.6 is 0 Å². The Bertz CT molecular complexity index is 1510. The Morgan fingerprint density at radius 2 is 1.86 bits per heavy atom. The van der Waals surface area contributed by atoms with E-state index in [1.165, 1.54) is 0 Å². The van der Waals surface area contributed by atoms with Gasteiger partial charge in [-0.3, -0.25) is 0 Å². The fourth-order valence-electron chi connectivity index (χ4n) is 3.61. The van der Waals surface area contributed by atoms with Gasteiger partial charge in [0, 0.05) is 16.8 Å². The van der Waals surface area contributed by atoms with E-state index in [1.807, 2.05) is 35.9 Å². The maximum atomic E-state index is 6.31. The Morgan fingerprint density at radius 3 is 2.58 bits per heavy atom. The van der Waals surface area contributed by atoms with Crippen molar-refractivity contribution in [3.63, 3.8) is 0 Å². The number of aryl methyl sites for hydroxylation is 1. The zero-order chi connectivity index (χ0) is 25.5. The molecule has 11 nitrogen and oxygen atoms in total. The van der Waals surface area contributed by atoms with E-state index in [1.54, 1.807) is 16.8 Å². The minimum Gasteiger partial charge on any atom is -0.470 e. The van der Waals surface area contributed by atoms with Gasteiger partial charge in [-0.2, -0.15) is 4.52 Å². The minimum absolute atomic E-state index is 0.151. The molecule has 12 heteroatoms. The third-order valence-electron chi connectivity index (χ3n) is 6.71. The summed E-state index contributed by atoms with van der Waals surface area (Å²) in [6.45, 7) is 14.4. The van der Waals surface area contributed by atoms with Crippen molar-refractivity contribution in [2.24, 2.45) is 0 Å². The number of aromatic nitrogens is 8. The lowest BCUT2D eigenvalue weighted by molar-refractivity contribution is 0.248. The van der Waals surface area contributed by atoms with E-state index >= 15 is 0 Å². The summed E-state index contributed by atoms with van der Waals surface area (Å²) in [5.41, 5.74) is 2.00. The Morgan fingerprint density at radius 1 is 1.08 bits per heavy atom. The predicted molar refractivity (Wildman–Crippen MR) is 136 cm³/mol. The third kappa shape index (κ3) is 4.49. The molecule has 0 unspecified atom stereocenters. The normalized spacial score (nSPS) is 12.6. The molecule has 0 spiro atoms. The molecule has 0 amide bonds. The van der Waals surface area contributed by atoms with Gasteiger partial charge in [-0.25, -0.2) is 4.68 Å². The first-order valence-corrected chi connectivity index (χ1v) is 14.8. The fraction of sp³-hybridized carbons (Fsp3) is 0.417. The Labute approximate surface area is 209 Å². The fourth-order valence-corrected chi connectivity index (χ4v) is 4.65. The van der Waals surface area contributed by atoms with Crippen molar-refractivity contribution in [3.8, 4) is 17.4 Å². The van der Waals surface area contributed by atoms with Gasteiger partial charge in [-0.05, 0) is 31.1 Å². The molecule has 0 bridgehead atoms. The number of rotatable bonds is 8. The molecule has 0 atom stereocenters. The molecule has 0 saturated heterocycles. The van der Waals surface area contributed by atoms with Gasteiger partial charge in [0.15, 0.2) is 19.7 Å². The smallest absolute Gasteiger partial charge is 0.240 e. The molecule has 5 aromatic rings. The predicted octanol–water partition coefficient (Wildman–Crippen LogP) is 4.43. The summed E-state index contributed by atoms with van der Waals surface area (Å²) in [6, 6.07) is 9.60. The minimum atomic E-state index is -1.84. The molecule has 0 aliphatic carbocycles. The maximum absolute atomic E-state index is 6.31. The number of fused-ring (bicyclic) bond motifs is 3. The lowest BCUT2D eigenvalue weighted by Crippen LogP contribution is -2.41. The highest BCUT2D eigenvalue weighted by Crippen LogP contribution is 2.36. The lowest BCUT2D eigenvalue weighted by Gasteiger charge is -2.36. The first kappa shape index (κ1) is 24.1. The van der Waals surface area contributed by atoms with E-state index in [-0.39, 0.29) is 11.6 Å². The second kappa shape index (κ2) is 9.10. The zero-order valence-corrected chi connectivity index (χ0v) is 22.4. The molecule has 4 aromatic heterocycles. The van der Waals surface area contributed by atoms with Crippen LogP contribution in [0.5, 0.6) is 5.88 Å². The first-order chi connectivity index (χ1) is 17.1. The number of ether oxygens (including phenoxy) is 1. The Hall–Kier alpha value is -3.64. The third-order valence-corrected chi connectivity index (χ3v) is 11.3. The van der Waals surface area contributed by atoms with Crippen LogP contribution in [0.2, 0.25) is 18.1 Å². The number of benzene rings is 1. The molecule has 0 radical (unpaired) electrons. The maximum Gasteiger partial charge on any atom is 0.240 e. The van der Waals surface area contributed by atoms with Crippen molar-refractivity contribution in [2.45, 2.75) is 59.0 Å². The molecule has 0 fully saturated rings. The molecule has 0 aliphatic heterocycles. The molecule has 0 saturated carbocycles. The standard InChI is InChI=1S/C24H30N8O3Si/c1-16-13-20(29-35-16)22-27-26-21-18-9-7-8-10-19(18)23(28-32(21)22)33-15-17-14-25-30-31(17)11-12-34-36(5,6)24(2,3)4/h7-10,13-14H,11-12,15H2,1-6H3. The molecule has 4 heterocycles. The molecule has 1 aromatic carbocycles. The van der Waals surface area contributed by atoms with Crippen molar-refractivity contribution in [1.29, 1.82) is 0 Å². The summed E-state index contributed by atoms with van der Waals surface area (Å²) in [6.07, 6.45) is 1.70. The molecular weight excluding hydrogens is 476 g/mol. The molecule has 36 heavy (non-hydrogen) atoms. The molecule has 188 valence electrons. The van der Waals surface area contributed by atoms with Crippen LogP contribution in [0, 0.1) is 6.92 Å². The van der Waals surface area contributed by atoms with E-state index in [2.05, 4.69) is 59.5 Å². The topological polar surface area (TPSA) is 118 Å². The summed E-state index contributed by atoms with van der Waals surface area (Å²) in [5, 5.41) is 27.6. The lowest BCUT2D eigenvalue weighted by atomic mass is 10.2. The van der Waals surface area contributed by atoms with Gasteiger partial charge in [-0.15, -0.1) is 20.4 Å².